The topological polar surface area (TPSA) is 92.5 Å². The highest BCUT2D eigenvalue weighted by molar-refractivity contribution is 5.96. The van der Waals surface area contributed by atoms with Crippen LogP contribution in [0.15, 0.2) is 18.2 Å². The van der Waals surface area contributed by atoms with E-state index in [9.17, 15) is 20.0 Å². The Morgan fingerprint density at radius 2 is 2.16 bits per heavy atom. The molecule has 0 fully saturated rings. The zero-order valence-electron chi connectivity index (χ0n) is 11.3. The van der Waals surface area contributed by atoms with E-state index in [2.05, 4.69) is 5.32 Å². The highest BCUT2D eigenvalue weighted by Gasteiger charge is 2.21. The van der Waals surface area contributed by atoms with Crippen LogP contribution in [0.3, 0.4) is 0 Å². The third-order valence-electron chi connectivity index (χ3n) is 3.14. The van der Waals surface area contributed by atoms with Crippen LogP contribution >= 0.6 is 0 Å². The molecular weight excluding hydrogens is 248 g/mol. The van der Waals surface area contributed by atoms with Crippen molar-refractivity contribution < 1.29 is 14.8 Å². The van der Waals surface area contributed by atoms with Gasteiger partial charge in [-0.1, -0.05) is 13.0 Å². The SMILES string of the molecule is CCC(C)(O)CNC(=O)c1cccc([N+](=O)[O-])c1C. The van der Waals surface area contributed by atoms with Gasteiger partial charge in [0, 0.05) is 23.7 Å². The molecule has 0 radical (unpaired) electrons. The van der Waals surface area contributed by atoms with E-state index >= 15 is 0 Å². The Bertz CT molecular complexity index is 497. The number of hydrogen-bond acceptors (Lipinski definition) is 4. The second kappa shape index (κ2) is 5.79. The fraction of sp³-hybridized carbons (Fsp3) is 0.462. The molecule has 1 rings (SSSR count). The van der Waals surface area contributed by atoms with E-state index in [0.29, 0.717) is 12.0 Å². The van der Waals surface area contributed by atoms with Gasteiger partial charge in [-0.05, 0) is 26.3 Å². The number of hydrogen-bond donors (Lipinski definition) is 2. The van der Waals surface area contributed by atoms with E-state index in [1.54, 1.807) is 6.92 Å². The Kier molecular flexibility index (Phi) is 4.61. The number of nitrogens with zero attached hydrogens (tertiary/aromatic N) is 1. The molecule has 6 heteroatoms. The first-order valence-electron chi connectivity index (χ1n) is 6.03. The van der Waals surface area contributed by atoms with Gasteiger partial charge < -0.3 is 10.4 Å². The molecule has 104 valence electrons. The number of benzene rings is 1. The average Bonchev–Trinajstić information content (AvgIpc) is 2.36. The monoisotopic (exact) mass is 266 g/mol. The largest absolute Gasteiger partial charge is 0.388 e. The molecule has 0 aliphatic rings. The van der Waals surface area contributed by atoms with Gasteiger partial charge in [0.25, 0.3) is 11.6 Å². The smallest absolute Gasteiger partial charge is 0.273 e. The Balaban J connectivity index is 2.89. The van der Waals surface area contributed by atoms with Gasteiger partial charge in [0.1, 0.15) is 0 Å². The highest BCUT2D eigenvalue weighted by Crippen LogP contribution is 2.21. The third-order valence-corrected chi connectivity index (χ3v) is 3.14. The fourth-order valence-electron chi connectivity index (χ4n) is 1.56. The zero-order valence-corrected chi connectivity index (χ0v) is 11.3. The predicted molar refractivity (Wildman–Crippen MR) is 71.1 cm³/mol. The van der Waals surface area contributed by atoms with Crippen LogP contribution < -0.4 is 5.32 Å². The van der Waals surface area contributed by atoms with Crippen molar-refractivity contribution in [2.24, 2.45) is 0 Å². The molecule has 0 aromatic heterocycles. The minimum atomic E-state index is -0.982. The molecule has 0 heterocycles. The standard InChI is InChI=1S/C13H18N2O4/c1-4-13(3,17)8-14-12(16)10-6-5-7-11(9(10)2)15(18)19/h5-7,17H,4,8H2,1-3H3,(H,14,16). The maximum Gasteiger partial charge on any atom is 0.273 e. The maximum absolute atomic E-state index is 12.0. The van der Waals surface area contributed by atoms with Crippen molar-refractivity contribution in [3.8, 4) is 0 Å². The number of nitro groups is 1. The summed E-state index contributed by atoms with van der Waals surface area (Å²) in [5.41, 5.74) is -0.498. The van der Waals surface area contributed by atoms with E-state index in [0.717, 1.165) is 0 Å². The molecule has 6 nitrogen and oxygen atoms in total. The molecule has 1 unspecified atom stereocenters. The first-order chi connectivity index (χ1) is 8.78. The van der Waals surface area contributed by atoms with Crippen LogP contribution in [0.1, 0.15) is 36.2 Å². The number of carbonyl (C=O) groups excluding carboxylic acids is 1. The molecule has 0 aliphatic carbocycles. The summed E-state index contributed by atoms with van der Waals surface area (Å²) in [4.78, 5) is 22.2. The lowest BCUT2D eigenvalue weighted by Gasteiger charge is -2.21. The second-order valence-electron chi connectivity index (χ2n) is 4.74. The van der Waals surface area contributed by atoms with E-state index in [1.807, 2.05) is 6.92 Å². The van der Waals surface area contributed by atoms with Gasteiger partial charge in [-0.2, -0.15) is 0 Å². The summed E-state index contributed by atoms with van der Waals surface area (Å²) in [5.74, 6) is -0.421. The Morgan fingerprint density at radius 1 is 1.53 bits per heavy atom. The highest BCUT2D eigenvalue weighted by atomic mass is 16.6. The van der Waals surface area contributed by atoms with Crippen molar-refractivity contribution in [1.29, 1.82) is 0 Å². The first-order valence-corrected chi connectivity index (χ1v) is 6.03. The van der Waals surface area contributed by atoms with Gasteiger partial charge in [-0.15, -0.1) is 0 Å². The van der Waals surface area contributed by atoms with Crippen LogP contribution in [-0.2, 0) is 0 Å². The number of rotatable bonds is 5. The van der Waals surface area contributed by atoms with E-state index < -0.39 is 16.4 Å². The van der Waals surface area contributed by atoms with Crippen LogP contribution in [0.2, 0.25) is 0 Å². The average molecular weight is 266 g/mol. The molecule has 0 saturated carbocycles. The fourth-order valence-corrected chi connectivity index (χ4v) is 1.56. The zero-order chi connectivity index (χ0) is 14.6. The minimum absolute atomic E-state index is 0.0881. The molecule has 1 atom stereocenters. The number of aliphatic hydroxyl groups is 1. The van der Waals surface area contributed by atoms with Crippen molar-refractivity contribution in [1.82, 2.24) is 5.32 Å². The molecule has 19 heavy (non-hydrogen) atoms. The van der Waals surface area contributed by atoms with Crippen molar-refractivity contribution in [2.75, 3.05) is 6.54 Å². The van der Waals surface area contributed by atoms with Crippen molar-refractivity contribution in [3.05, 3.63) is 39.4 Å². The summed E-state index contributed by atoms with van der Waals surface area (Å²) >= 11 is 0. The summed E-state index contributed by atoms with van der Waals surface area (Å²) in [6.07, 6.45) is 0.501. The molecule has 0 aliphatic heterocycles. The summed E-state index contributed by atoms with van der Waals surface area (Å²) in [5, 5.41) is 23.2. The molecule has 2 N–H and O–H groups in total. The summed E-state index contributed by atoms with van der Waals surface area (Å²) in [6.45, 7) is 5.06. The summed E-state index contributed by atoms with van der Waals surface area (Å²) in [7, 11) is 0. The molecule has 0 bridgehead atoms. The van der Waals surface area contributed by atoms with Crippen LogP contribution in [0, 0.1) is 17.0 Å². The van der Waals surface area contributed by atoms with Crippen LogP contribution in [0.4, 0.5) is 5.69 Å². The maximum atomic E-state index is 12.0. The van der Waals surface area contributed by atoms with E-state index in [-0.39, 0.29) is 17.8 Å². The second-order valence-corrected chi connectivity index (χ2v) is 4.74. The third kappa shape index (κ3) is 3.75. The lowest BCUT2D eigenvalue weighted by atomic mass is 10.0. The van der Waals surface area contributed by atoms with Gasteiger partial charge >= 0.3 is 0 Å². The first kappa shape index (κ1) is 15.1. The van der Waals surface area contributed by atoms with Gasteiger partial charge in [0.15, 0.2) is 0 Å². The molecule has 1 aromatic carbocycles. The number of nitro benzene ring substituents is 1. The van der Waals surface area contributed by atoms with E-state index in [1.165, 1.54) is 25.1 Å². The molecule has 0 spiro atoms. The lowest BCUT2D eigenvalue weighted by molar-refractivity contribution is -0.385. The number of nitrogens with one attached hydrogen (secondary N) is 1. The molecule has 1 aromatic rings. The van der Waals surface area contributed by atoms with Crippen LogP contribution in [0.5, 0.6) is 0 Å². The molecule has 1 amide bonds. The molecular formula is C13H18N2O4. The lowest BCUT2D eigenvalue weighted by Crippen LogP contribution is -2.40. The van der Waals surface area contributed by atoms with Crippen molar-refractivity contribution >= 4 is 11.6 Å². The van der Waals surface area contributed by atoms with Crippen LogP contribution in [0.25, 0.3) is 0 Å². The normalized spacial score (nSPS) is 13.7. The van der Waals surface area contributed by atoms with Crippen molar-refractivity contribution in [2.45, 2.75) is 32.8 Å². The van der Waals surface area contributed by atoms with Crippen molar-refractivity contribution in [3.63, 3.8) is 0 Å². The van der Waals surface area contributed by atoms with Gasteiger partial charge in [0.2, 0.25) is 0 Å². The number of carbonyl (C=O) groups is 1. The Hall–Kier alpha value is -1.95. The Labute approximate surface area is 111 Å². The summed E-state index contributed by atoms with van der Waals surface area (Å²) < 4.78 is 0. The van der Waals surface area contributed by atoms with Gasteiger partial charge in [-0.25, -0.2) is 0 Å². The predicted octanol–water partition coefficient (Wildman–Crippen LogP) is 1.79. The van der Waals surface area contributed by atoms with Crippen LogP contribution in [-0.4, -0.2) is 28.1 Å². The summed E-state index contributed by atoms with van der Waals surface area (Å²) in [6, 6.07) is 4.35. The number of amides is 1. The minimum Gasteiger partial charge on any atom is -0.388 e. The Morgan fingerprint density at radius 3 is 2.68 bits per heavy atom. The molecule has 0 saturated heterocycles. The van der Waals surface area contributed by atoms with Gasteiger partial charge in [0.05, 0.1) is 10.5 Å². The van der Waals surface area contributed by atoms with Gasteiger partial charge in [-0.3, -0.25) is 14.9 Å². The quantitative estimate of drug-likeness (QED) is 0.627. The van der Waals surface area contributed by atoms with E-state index in [4.69, 9.17) is 0 Å².